The Hall–Kier alpha value is -0.250. The van der Waals surface area contributed by atoms with Crippen molar-refractivity contribution in [3.05, 3.63) is 27.2 Å². The van der Waals surface area contributed by atoms with Crippen LogP contribution in [0.4, 0.5) is 0 Å². The SMILES string of the molecule is Cc1cc(Br)cc(Cl)c1OCCNC1CCCC1. The second kappa shape index (κ2) is 6.78. The molecule has 0 amide bonds. The summed E-state index contributed by atoms with van der Waals surface area (Å²) < 4.78 is 6.75. The number of hydrogen-bond acceptors (Lipinski definition) is 2. The van der Waals surface area contributed by atoms with Gasteiger partial charge < -0.3 is 10.1 Å². The van der Waals surface area contributed by atoms with E-state index < -0.39 is 0 Å². The molecule has 0 heterocycles. The van der Waals surface area contributed by atoms with Gasteiger partial charge in [-0.2, -0.15) is 0 Å². The smallest absolute Gasteiger partial charge is 0.140 e. The van der Waals surface area contributed by atoms with E-state index in [0.717, 1.165) is 22.3 Å². The topological polar surface area (TPSA) is 21.3 Å². The van der Waals surface area contributed by atoms with Crippen molar-refractivity contribution in [2.24, 2.45) is 0 Å². The van der Waals surface area contributed by atoms with Gasteiger partial charge in [0.25, 0.3) is 0 Å². The van der Waals surface area contributed by atoms with Crippen molar-refractivity contribution in [3.8, 4) is 5.75 Å². The second-order valence-corrected chi connectivity index (χ2v) is 6.14. The zero-order chi connectivity index (χ0) is 13.0. The minimum Gasteiger partial charge on any atom is -0.490 e. The molecular formula is C14H19BrClNO. The van der Waals surface area contributed by atoms with Gasteiger partial charge in [0.15, 0.2) is 0 Å². The molecule has 18 heavy (non-hydrogen) atoms. The Morgan fingerprint density at radius 3 is 2.78 bits per heavy atom. The van der Waals surface area contributed by atoms with Crippen LogP contribution in [0.3, 0.4) is 0 Å². The number of aryl methyl sites for hydroxylation is 1. The molecule has 0 aromatic heterocycles. The summed E-state index contributed by atoms with van der Waals surface area (Å²) >= 11 is 9.59. The lowest BCUT2D eigenvalue weighted by molar-refractivity contribution is 0.303. The maximum atomic E-state index is 6.17. The van der Waals surface area contributed by atoms with Gasteiger partial charge in [-0.25, -0.2) is 0 Å². The average Bonchev–Trinajstić information content (AvgIpc) is 2.79. The highest BCUT2D eigenvalue weighted by Crippen LogP contribution is 2.31. The summed E-state index contributed by atoms with van der Waals surface area (Å²) in [5, 5.41) is 4.19. The summed E-state index contributed by atoms with van der Waals surface area (Å²) in [4.78, 5) is 0. The molecule has 2 nitrogen and oxygen atoms in total. The summed E-state index contributed by atoms with van der Waals surface area (Å²) in [7, 11) is 0. The monoisotopic (exact) mass is 331 g/mol. The number of rotatable bonds is 5. The predicted molar refractivity (Wildman–Crippen MR) is 79.6 cm³/mol. The van der Waals surface area contributed by atoms with Crippen molar-refractivity contribution in [2.75, 3.05) is 13.2 Å². The maximum absolute atomic E-state index is 6.17. The minimum absolute atomic E-state index is 0.665. The predicted octanol–water partition coefficient (Wildman–Crippen LogP) is 4.32. The molecule has 0 aliphatic heterocycles. The fourth-order valence-corrected chi connectivity index (χ4v) is 3.44. The van der Waals surface area contributed by atoms with Crippen LogP contribution in [0.2, 0.25) is 5.02 Å². The van der Waals surface area contributed by atoms with Crippen LogP contribution in [0.25, 0.3) is 0 Å². The van der Waals surface area contributed by atoms with Gasteiger partial charge >= 0.3 is 0 Å². The zero-order valence-electron chi connectivity index (χ0n) is 10.6. The molecule has 0 radical (unpaired) electrons. The van der Waals surface area contributed by atoms with Crippen molar-refractivity contribution in [2.45, 2.75) is 38.6 Å². The molecule has 4 heteroatoms. The van der Waals surface area contributed by atoms with E-state index in [1.54, 1.807) is 0 Å². The van der Waals surface area contributed by atoms with Crippen molar-refractivity contribution >= 4 is 27.5 Å². The van der Waals surface area contributed by atoms with Crippen LogP contribution in [0, 0.1) is 6.92 Å². The van der Waals surface area contributed by atoms with Gasteiger partial charge in [-0.1, -0.05) is 40.4 Å². The molecule has 1 aromatic rings. The molecule has 0 spiro atoms. The van der Waals surface area contributed by atoms with Crippen LogP contribution in [0.1, 0.15) is 31.2 Å². The first-order valence-electron chi connectivity index (χ1n) is 6.48. The Labute approximate surface area is 122 Å². The highest BCUT2D eigenvalue weighted by atomic mass is 79.9. The Kier molecular flexibility index (Phi) is 5.34. The van der Waals surface area contributed by atoms with Crippen LogP contribution >= 0.6 is 27.5 Å². The molecule has 1 aromatic carbocycles. The molecular weight excluding hydrogens is 314 g/mol. The summed E-state index contributed by atoms with van der Waals surface area (Å²) in [6.45, 7) is 3.56. The van der Waals surface area contributed by atoms with Crippen molar-refractivity contribution in [1.82, 2.24) is 5.32 Å². The Morgan fingerprint density at radius 2 is 2.11 bits per heavy atom. The van der Waals surface area contributed by atoms with E-state index in [-0.39, 0.29) is 0 Å². The van der Waals surface area contributed by atoms with E-state index in [1.807, 2.05) is 19.1 Å². The number of benzene rings is 1. The van der Waals surface area contributed by atoms with E-state index in [2.05, 4.69) is 21.2 Å². The molecule has 1 N–H and O–H groups in total. The lowest BCUT2D eigenvalue weighted by atomic mass is 10.2. The molecule has 1 fully saturated rings. The summed E-state index contributed by atoms with van der Waals surface area (Å²) in [6, 6.07) is 4.58. The highest BCUT2D eigenvalue weighted by Gasteiger charge is 2.13. The van der Waals surface area contributed by atoms with E-state index in [1.165, 1.54) is 25.7 Å². The van der Waals surface area contributed by atoms with Crippen LogP contribution in [0.15, 0.2) is 16.6 Å². The van der Waals surface area contributed by atoms with Crippen LogP contribution in [-0.4, -0.2) is 19.2 Å². The van der Waals surface area contributed by atoms with Crippen LogP contribution in [-0.2, 0) is 0 Å². The number of hydrogen-bond donors (Lipinski definition) is 1. The lowest BCUT2D eigenvalue weighted by Gasteiger charge is -2.14. The van der Waals surface area contributed by atoms with Gasteiger partial charge in [-0.05, 0) is 37.5 Å². The third kappa shape index (κ3) is 3.87. The molecule has 1 saturated carbocycles. The van der Waals surface area contributed by atoms with Crippen molar-refractivity contribution in [1.29, 1.82) is 0 Å². The minimum atomic E-state index is 0.665. The van der Waals surface area contributed by atoms with Gasteiger partial charge in [-0.3, -0.25) is 0 Å². The summed E-state index contributed by atoms with van der Waals surface area (Å²) in [5.74, 6) is 0.799. The normalized spacial score (nSPS) is 16.2. The number of ether oxygens (including phenoxy) is 1. The molecule has 0 atom stereocenters. The van der Waals surface area contributed by atoms with Crippen molar-refractivity contribution < 1.29 is 4.74 Å². The fraction of sp³-hybridized carbons (Fsp3) is 0.571. The van der Waals surface area contributed by atoms with Crippen LogP contribution < -0.4 is 10.1 Å². The highest BCUT2D eigenvalue weighted by molar-refractivity contribution is 9.10. The average molecular weight is 333 g/mol. The first-order valence-corrected chi connectivity index (χ1v) is 7.66. The first-order chi connectivity index (χ1) is 8.66. The molecule has 0 bridgehead atoms. The Morgan fingerprint density at radius 1 is 1.39 bits per heavy atom. The standard InChI is InChI=1S/C14H19BrClNO/c1-10-8-11(15)9-13(16)14(10)18-7-6-17-12-4-2-3-5-12/h8-9,12,17H,2-7H2,1H3. The fourth-order valence-electron chi connectivity index (χ4n) is 2.42. The Balaban J connectivity index is 1.79. The van der Waals surface area contributed by atoms with E-state index in [9.17, 15) is 0 Å². The molecule has 2 rings (SSSR count). The van der Waals surface area contributed by atoms with Gasteiger partial charge in [-0.15, -0.1) is 0 Å². The maximum Gasteiger partial charge on any atom is 0.140 e. The molecule has 100 valence electrons. The third-order valence-electron chi connectivity index (χ3n) is 3.33. The summed E-state index contributed by atoms with van der Waals surface area (Å²) in [5.41, 5.74) is 1.07. The van der Waals surface area contributed by atoms with Crippen LogP contribution in [0.5, 0.6) is 5.75 Å². The zero-order valence-corrected chi connectivity index (χ0v) is 13.0. The summed E-state index contributed by atoms with van der Waals surface area (Å²) in [6.07, 6.45) is 5.32. The van der Waals surface area contributed by atoms with Gasteiger partial charge in [0.2, 0.25) is 0 Å². The van der Waals surface area contributed by atoms with Gasteiger partial charge in [0.05, 0.1) is 5.02 Å². The molecule has 0 unspecified atom stereocenters. The molecule has 1 aliphatic carbocycles. The third-order valence-corrected chi connectivity index (χ3v) is 4.07. The van der Waals surface area contributed by atoms with Gasteiger partial charge in [0.1, 0.15) is 12.4 Å². The largest absolute Gasteiger partial charge is 0.490 e. The quantitative estimate of drug-likeness (QED) is 0.811. The number of halogens is 2. The van der Waals surface area contributed by atoms with Gasteiger partial charge in [0, 0.05) is 17.1 Å². The number of nitrogens with one attached hydrogen (secondary N) is 1. The molecule has 0 saturated heterocycles. The first kappa shape index (κ1) is 14.2. The second-order valence-electron chi connectivity index (χ2n) is 4.82. The van der Waals surface area contributed by atoms with E-state index >= 15 is 0 Å². The van der Waals surface area contributed by atoms with E-state index in [0.29, 0.717) is 17.7 Å². The molecule has 1 aliphatic rings. The Bertz CT molecular complexity index is 382. The van der Waals surface area contributed by atoms with Crippen molar-refractivity contribution in [3.63, 3.8) is 0 Å². The lowest BCUT2D eigenvalue weighted by Crippen LogP contribution is -2.30. The van der Waals surface area contributed by atoms with E-state index in [4.69, 9.17) is 16.3 Å².